The van der Waals surface area contributed by atoms with Crippen molar-refractivity contribution in [2.75, 3.05) is 6.54 Å². The summed E-state index contributed by atoms with van der Waals surface area (Å²) < 4.78 is 3.93. The Hall–Kier alpha value is -3.15. The average Bonchev–Trinajstić information content (AvgIpc) is 3.06. The fourth-order valence-corrected chi connectivity index (χ4v) is 4.30. The lowest BCUT2D eigenvalue weighted by Gasteiger charge is -2.14. The molecule has 4 aromatic rings. The summed E-state index contributed by atoms with van der Waals surface area (Å²) in [5, 5.41) is 13.9. The molecule has 0 unspecified atom stereocenters. The maximum Gasteiger partial charge on any atom is 0.255 e. The van der Waals surface area contributed by atoms with Crippen LogP contribution in [0.5, 0.6) is 0 Å². The molecule has 5 heteroatoms. The highest BCUT2D eigenvalue weighted by Crippen LogP contribution is 2.29. The van der Waals surface area contributed by atoms with E-state index in [1.807, 2.05) is 42.6 Å². The van der Waals surface area contributed by atoms with E-state index in [0.29, 0.717) is 0 Å². The van der Waals surface area contributed by atoms with Crippen molar-refractivity contribution in [2.24, 2.45) is 7.05 Å². The van der Waals surface area contributed by atoms with Crippen molar-refractivity contribution < 1.29 is 5.11 Å². The Morgan fingerprint density at radius 1 is 1.03 bits per heavy atom. The Labute approximate surface area is 168 Å². The molecule has 0 bridgehead atoms. The van der Waals surface area contributed by atoms with Crippen molar-refractivity contribution in [2.45, 2.75) is 19.6 Å². The molecule has 0 saturated heterocycles. The number of aryl methyl sites for hydroxylation is 1. The molecule has 0 spiro atoms. The van der Waals surface area contributed by atoms with Crippen molar-refractivity contribution in [1.29, 1.82) is 0 Å². The molecule has 1 aliphatic rings. The van der Waals surface area contributed by atoms with E-state index in [-0.39, 0.29) is 12.2 Å². The van der Waals surface area contributed by atoms with Crippen LogP contribution in [0.25, 0.3) is 27.7 Å². The zero-order chi connectivity index (χ0) is 20.0. The van der Waals surface area contributed by atoms with Crippen LogP contribution < -0.4 is 10.9 Å². The minimum atomic E-state index is -0.0614. The molecular weight excluding hydrogens is 362 g/mol. The minimum absolute atomic E-state index is 0.0169. The van der Waals surface area contributed by atoms with Gasteiger partial charge in [0.1, 0.15) is 0 Å². The van der Waals surface area contributed by atoms with Crippen LogP contribution in [0, 0.1) is 0 Å². The number of fused-ring (bicyclic) bond motifs is 3. The predicted molar refractivity (Wildman–Crippen MR) is 115 cm³/mol. The molecule has 146 valence electrons. The molecule has 0 aliphatic carbocycles. The average molecular weight is 385 g/mol. The SMILES string of the molecule is Cn1c2c(c3ccc(-n4ccc(-c5ccc(CO)cc5)cc4=O)cc31)CCNC2. The van der Waals surface area contributed by atoms with Gasteiger partial charge < -0.3 is 15.0 Å². The highest BCUT2D eigenvalue weighted by atomic mass is 16.3. The molecule has 2 aromatic carbocycles. The number of aliphatic hydroxyl groups excluding tert-OH is 1. The Kier molecular flexibility index (Phi) is 4.34. The molecule has 1 aliphatic heterocycles. The first-order chi connectivity index (χ1) is 14.2. The molecule has 0 atom stereocenters. The van der Waals surface area contributed by atoms with Crippen molar-refractivity contribution in [1.82, 2.24) is 14.5 Å². The Balaban J connectivity index is 1.56. The van der Waals surface area contributed by atoms with Crippen LogP contribution in [0.2, 0.25) is 0 Å². The van der Waals surface area contributed by atoms with Gasteiger partial charge in [0.15, 0.2) is 0 Å². The van der Waals surface area contributed by atoms with Crippen LogP contribution in [0.4, 0.5) is 0 Å². The number of benzene rings is 2. The molecule has 29 heavy (non-hydrogen) atoms. The number of nitrogens with one attached hydrogen (secondary N) is 1. The van der Waals surface area contributed by atoms with Gasteiger partial charge in [0.05, 0.1) is 17.8 Å². The molecule has 2 aromatic heterocycles. The molecule has 3 heterocycles. The second-order valence-corrected chi connectivity index (χ2v) is 7.59. The molecule has 0 amide bonds. The summed E-state index contributed by atoms with van der Waals surface area (Å²) in [5.74, 6) is 0. The van der Waals surface area contributed by atoms with E-state index >= 15 is 0 Å². The molecular formula is C24H23N3O2. The number of nitrogens with zero attached hydrogens (tertiary/aromatic N) is 2. The van der Waals surface area contributed by atoms with Gasteiger partial charge in [0, 0.05) is 36.9 Å². The van der Waals surface area contributed by atoms with Crippen molar-refractivity contribution in [3.63, 3.8) is 0 Å². The first kappa shape index (κ1) is 17.9. The van der Waals surface area contributed by atoms with Gasteiger partial charge in [-0.1, -0.05) is 30.3 Å². The first-order valence-corrected chi connectivity index (χ1v) is 9.90. The van der Waals surface area contributed by atoms with Crippen molar-refractivity contribution >= 4 is 10.9 Å². The smallest absolute Gasteiger partial charge is 0.255 e. The van der Waals surface area contributed by atoms with Crippen LogP contribution in [0.1, 0.15) is 16.8 Å². The maximum atomic E-state index is 12.9. The zero-order valence-corrected chi connectivity index (χ0v) is 16.4. The minimum Gasteiger partial charge on any atom is -0.392 e. The zero-order valence-electron chi connectivity index (χ0n) is 16.4. The number of aromatic nitrogens is 2. The molecule has 5 nitrogen and oxygen atoms in total. The summed E-state index contributed by atoms with van der Waals surface area (Å²) in [7, 11) is 2.10. The Morgan fingerprint density at radius 2 is 1.86 bits per heavy atom. The summed E-state index contributed by atoms with van der Waals surface area (Å²) in [6.07, 6.45) is 2.87. The fraction of sp³-hybridized carbons (Fsp3) is 0.208. The number of pyridine rings is 1. The van der Waals surface area contributed by atoms with Gasteiger partial charge in [-0.05, 0) is 53.4 Å². The molecule has 0 radical (unpaired) electrons. The third-order valence-electron chi connectivity index (χ3n) is 5.93. The van der Waals surface area contributed by atoms with E-state index in [1.165, 1.54) is 16.6 Å². The molecule has 0 saturated carbocycles. The van der Waals surface area contributed by atoms with E-state index in [2.05, 4.69) is 29.1 Å². The monoisotopic (exact) mass is 385 g/mol. The van der Waals surface area contributed by atoms with E-state index in [0.717, 1.165) is 47.4 Å². The highest BCUT2D eigenvalue weighted by molar-refractivity contribution is 5.87. The first-order valence-electron chi connectivity index (χ1n) is 9.90. The Morgan fingerprint density at radius 3 is 2.62 bits per heavy atom. The quantitative estimate of drug-likeness (QED) is 0.570. The van der Waals surface area contributed by atoms with E-state index in [1.54, 1.807) is 10.6 Å². The van der Waals surface area contributed by atoms with Crippen LogP contribution >= 0.6 is 0 Å². The topological polar surface area (TPSA) is 59.2 Å². The van der Waals surface area contributed by atoms with Crippen molar-refractivity contribution in [3.05, 3.63) is 88.0 Å². The summed E-state index contributed by atoms with van der Waals surface area (Å²) >= 11 is 0. The largest absolute Gasteiger partial charge is 0.392 e. The summed E-state index contributed by atoms with van der Waals surface area (Å²) in [5.41, 5.74) is 7.41. The van der Waals surface area contributed by atoms with Gasteiger partial charge in [0.25, 0.3) is 5.56 Å². The second kappa shape index (κ2) is 7.03. The number of rotatable bonds is 3. The van der Waals surface area contributed by atoms with Gasteiger partial charge in [-0.3, -0.25) is 9.36 Å². The Bertz CT molecular complexity index is 1270. The third kappa shape index (κ3) is 2.99. The van der Waals surface area contributed by atoms with E-state index < -0.39 is 0 Å². The summed E-state index contributed by atoms with van der Waals surface area (Å²) in [6, 6.07) is 17.5. The van der Waals surface area contributed by atoms with Crippen LogP contribution in [0.15, 0.2) is 65.6 Å². The lowest BCUT2D eigenvalue weighted by Crippen LogP contribution is -2.24. The van der Waals surface area contributed by atoms with Crippen LogP contribution in [-0.2, 0) is 26.6 Å². The predicted octanol–water partition coefficient (Wildman–Crippen LogP) is 3.13. The lowest BCUT2D eigenvalue weighted by atomic mass is 10.0. The fourth-order valence-electron chi connectivity index (χ4n) is 4.30. The van der Waals surface area contributed by atoms with Gasteiger partial charge >= 0.3 is 0 Å². The van der Waals surface area contributed by atoms with Crippen LogP contribution in [0.3, 0.4) is 0 Å². The molecule has 2 N–H and O–H groups in total. The van der Waals surface area contributed by atoms with E-state index in [4.69, 9.17) is 0 Å². The third-order valence-corrected chi connectivity index (χ3v) is 5.93. The number of hydrogen-bond acceptors (Lipinski definition) is 3. The van der Waals surface area contributed by atoms with Crippen LogP contribution in [-0.4, -0.2) is 20.8 Å². The maximum absolute atomic E-state index is 12.9. The summed E-state index contributed by atoms with van der Waals surface area (Å²) in [4.78, 5) is 12.9. The lowest BCUT2D eigenvalue weighted by molar-refractivity contribution is 0.282. The number of aliphatic hydroxyl groups is 1. The normalized spacial score (nSPS) is 13.6. The van der Waals surface area contributed by atoms with Gasteiger partial charge in [-0.2, -0.15) is 0 Å². The van der Waals surface area contributed by atoms with Gasteiger partial charge in [0.2, 0.25) is 0 Å². The van der Waals surface area contributed by atoms with Gasteiger partial charge in [-0.25, -0.2) is 0 Å². The molecule has 0 fully saturated rings. The molecule has 5 rings (SSSR count). The second-order valence-electron chi connectivity index (χ2n) is 7.59. The van der Waals surface area contributed by atoms with Gasteiger partial charge in [-0.15, -0.1) is 0 Å². The standard InChI is InChI=1S/C24H23N3O2/c1-26-22-13-19(6-7-20(22)21-8-10-25-14-23(21)26)27-11-9-18(12-24(27)29)17-4-2-16(15-28)3-5-17/h2-7,9,11-13,25,28H,8,10,14-15H2,1H3. The number of hydrogen-bond donors (Lipinski definition) is 2. The van der Waals surface area contributed by atoms with Crippen molar-refractivity contribution in [3.8, 4) is 16.8 Å². The van der Waals surface area contributed by atoms with E-state index in [9.17, 15) is 9.90 Å². The highest BCUT2D eigenvalue weighted by Gasteiger charge is 2.18. The summed E-state index contributed by atoms with van der Waals surface area (Å²) in [6.45, 7) is 1.91.